The second kappa shape index (κ2) is 9.43. The molecule has 3 rings (SSSR count). The van der Waals surface area contributed by atoms with Crippen LogP contribution >= 0.6 is 0 Å². The quantitative estimate of drug-likeness (QED) is 0.625. The Bertz CT molecular complexity index is 861. The Morgan fingerprint density at radius 1 is 0.964 bits per heavy atom. The molecule has 0 aromatic heterocycles. The number of anilines is 1. The Labute approximate surface area is 169 Å². The van der Waals surface area contributed by atoms with Crippen molar-refractivity contribution in [2.75, 3.05) is 37.7 Å². The summed E-state index contributed by atoms with van der Waals surface area (Å²) >= 11 is 0. The molecule has 0 unspecified atom stereocenters. The lowest BCUT2D eigenvalue weighted by atomic mass is 10.2. The predicted molar refractivity (Wildman–Crippen MR) is 114 cm³/mol. The van der Waals surface area contributed by atoms with Crippen LogP contribution < -0.4 is 9.64 Å². The Morgan fingerprint density at radius 2 is 1.68 bits per heavy atom. The summed E-state index contributed by atoms with van der Waals surface area (Å²) in [6.45, 7) is 6.94. The van der Waals surface area contributed by atoms with Gasteiger partial charge in [0.1, 0.15) is 10.6 Å². The Balaban J connectivity index is 1.72. The molecule has 1 heterocycles. The van der Waals surface area contributed by atoms with Crippen LogP contribution in [0.25, 0.3) is 0 Å². The zero-order valence-corrected chi connectivity index (χ0v) is 17.6. The minimum atomic E-state index is -3.58. The Hall–Kier alpha value is -2.05. The van der Waals surface area contributed by atoms with Gasteiger partial charge in [0.25, 0.3) is 0 Å². The van der Waals surface area contributed by atoms with E-state index in [0.717, 1.165) is 30.5 Å². The number of hydrogen-bond acceptors (Lipinski definition) is 4. The molecule has 0 bridgehead atoms. The van der Waals surface area contributed by atoms with Crippen LogP contribution in [-0.4, -0.2) is 45.5 Å². The number of rotatable bonds is 8. The minimum Gasteiger partial charge on any atom is -0.492 e. The van der Waals surface area contributed by atoms with Crippen molar-refractivity contribution >= 4 is 15.7 Å². The van der Waals surface area contributed by atoms with E-state index in [1.54, 1.807) is 10.4 Å². The molecule has 1 aliphatic heterocycles. The van der Waals surface area contributed by atoms with E-state index in [4.69, 9.17) is 4.74 Å². The van der Waals surface area contributed by atoms with Gasteiger partial charge < -0.3 is 9.64 Å². The van der Waals surface area contributed by atoms with Crippen LogP contribution in [0.4, 0.5) is 5.69 Å². The smallest absolute Gasteiger partial charge is 0.246 e. The third-order valence-electron chi connectivity index (χ3n) is 5.08. The number of piperazine rings is 1. The summed E-state index contributed by atoms with van der Waals surface area (Å²) in [6, 6.07) is 15.5. The van der Waals surface area contributed by atoms with Crippen molar-refractivity contribution in [2.24, 2.45) is 0 Å². The topological polar surface area (TPSA) is 49.9 Å². The molecule has 2 aromatic carbocycles. The van der Waals surface area contributed by atoms with Crippen molar-refractivity contribution in [1.29, 1.82) is 0 Å². The van der Waals surface area contributed by atoms with E-state index >= 15 is 0 Å². The maximum atomic E-state index is 13.3. The lowest BCUT2D eigenvalue weighted by Crippen LogP contribution is -2.48. The van der Waals surface area contributed by atoms with E-state index in [1.807, 2.05) is 37.3 Å². The van der Waals surface area contributed by atoms with Crippen LogP contribution in [0.2, 0.25) is 0 Å². The Morgan fingerprint density at radius 3 is 2.36 bits per heavy atom. The highest BCUT2D eigenvalue weighted by Crippen LogP contribution is 2.29. The highest BCUT2D eigenvalue weighted by atomic mass is 32.2. The molecule has 0 spiro atoms. The summed E-state index contributed by atoms with van der Waals surface area (Å²) in [7, 11) is -3.58. The lowest BCUT2D eigenvalue weighted by Gasteiger charge is -2.35. The summed E-state index contributed by atoms with van der Waals surface area (Å²) in [5.74, 6) is 0.474. The van der Waals surface area contributed by atoms with Crippen molar-refractivity contribution in [2.45, 2.75) is 38.0 Å². The van der Waals surface area contributed by atoms with E-state index in [1.165, 1.54) is 0 Å². The van der Waals surface area contributed by atoms with Crippen LogP contribution in [0.1, 0.15) is 31.7 Å². The molecule has 0 N–H and O–H groups in total. The van der Waals surface area contributed by atoms with Crippen molar-refractivity contribution in [1.82, 2.24) is 4.31 Å². The fourth-order valence-corrected chi connectivity index (χ4v) is 4.97. The number of benzene rings is 2. The first-order valence-corrected chi connectivity index (χ1v) is 11.5. The molecule has 1 fully saturated rings. The summed E-state index contributed by atoms with van der Waals surface area (Å²) in [5.41, 5.74) is 2.13. The number of unbranched alkanes of at least 4 members (excludes halogenated alkanes) is 2. The number of aryl methyl sites for hydroxylation is 1. The van der Waals surface area contributed by atoms with Crippen LogP contribution in [0.3, 0.4) is 0 Å². The first-order valence-electron chi connectivity index (χ1n) is 10.1. The van der Waals surface area contributed by atoms with E-state index in [-0.39, 0.29) is 4.90 Å². The van der Waals surface area contributed by atoms with Gasteiger partial charge in [0.2, 0.25) is 10.0 Å². The average Bonchev–Trinajstić information content (AvgIpc) is 2.72. The second-order valence-corrected chi connectivity index (χ2v) is 9.14. The largest absolute Gasteiger partial charge is 0.492 e. The molecule has 5 nitrogen and oxygen atoms in total. The van der Waals surface area contributed by atoms with Gasteiger partial charge in [-0.25, -0.2) is 8.42 Å². The summed E-state index contributed by atoms with van der Waals surface area (Å²) in [4.78, 5) is 2.51. The van der Waals surface area contributed by atoms with Gasteiger partial charge in [-0.05, 0) is 43.2 Å². The van der Waals surface area contributed by atoms with Gasteiger partial charge in [-0.1, -0.05) is 44.0 Å². The maximum absolute atomic E-state index is 13.3. The van der Waals surface area contributed by atoms with Gasteiger partial charge in [0.15, 0.2) is 0 Å². The van der Waals surface area contributed by atoms with E-state index in [9.17, 15) is 8.42 Å². The SMILES string of the molecule is CCCCCOc1cc(C)ccc1S(=O)(=O)N1CCN(c2ccccc2)CC1. The number of hydrogen-bond donors (Lipinski definition) is 0. The van der Waals surface area contributed by atoms with Gasteiger partial charge in [0, 0.05) is 31.9 Å². The molecular formula is C22H30N2O3S. The van der Waals surface area contributed by atoms with Crippen LogP contribution in [0.5, 0.6) is 5.75 Å². The van der Waals surface area contributed by atoms with Crippen molar-refractivity contribution in [3.63, 3.8) is 0 Å². The molecule has 1 aliphatic rings. The summed E-state index contributed by atoms with van der Waals surface area (Å²) < 4.78 is 34.0. The molecule has 0 atom stereocenters. The molecule has 2 aromatic rings. The Kier molecular flexibility index (Phi) is 6.97. The molecule has 0 radical (unpaired) electrons. The number of ether oxygens (including phenoxy) is 1. The average molecular weight is 403 g/mol. The maximum Gasteiger partial charge on any atom is 0.246 e. The summed E-state index contributed by atoms with van der Waals surface area (Å²) in [6.07, 6.45) is 3.11. The molecule has 0 aliphatic carbocycles. The van der Waals surface area contributed by atoms with Gasteiger partial charge in [-0.3, -0.25) is 0 Å². The first-order chi connectivity index (χ1) is 13.5. The molecule has 28 heavy (non-hydrogen) atoms. The molecule has 0 amide bonds. The molecule has 0 saturated carbocycles. The highest BCUT2D eigenvalue weighted by Gasteiger charge is 2.31. The fourth-order valence-electron chi connectivity index (χ4n) is 3.44. The monoisotopic (exact) mass is 402 g/mol. The third kappa shape index (κ3) is 4.86. The van der Waals surface area contributed by atoms with E-state index in [0.29, 0.717) is 38.5 Å². The van der Waals surface area contributed by atoms with Crippen LogP contribution in [0, 0.1) is 6.92 Å². The summed E-state index contributed by atoms with van der Waals surface area (Å²) in [5, 5.41) is 0. The zero-order chi connectivity index (χ0) is 20.0. The fraction of sp³-hybridized carbons (Fsp3) is 0.455. The normalized spacial score (nSPS) is 15.6. The van der Waals surface area contributed by atoms with Crippen LogP contribution in [0.15, 0.2) is 53.4 Å². The van der Waals surface area contributed by atoms with Crippen LogP contribution in [-0.2, 0) is 10.0 Å². The number of sulfonamides is 1. The second-order valence-electron chi connectivity index (χ2n) is 7.23. The molecule has 1 saturated heterocycles. The lowest BCUT2D eigenvalue weighted by molar-refractivity contribution is 0.296. The first kappa shape index (κ1) is 20.7. The third-order valence-corrected chi connectivity index (χ3v) is 7.02. The van der Waals surface area contributed by atoms with Crippen molar-refractivity contribution in [3.8, 4) is 5.75 Å². The van der Waals surface area contributed by atoms with Gasteiger partial charge >= 0.3 is 0 Å². The number of nitrogens with zero attached hydrogens (tertiary/aromatic N) is 2. The van der Waals surface area contributed by atoms with Gasteiger partial charge in [-0.15, -0.1) is 0 Å². The van der Waals surface area contributed by atoms with E-state index in [2.05, 4.69) is 24.0 Å². The van der Waals surface area contributed by atoms with Crippen molar-refractivity contribution in [3.05, 3.63) is 54.1 Å². The molecule has 152 valence electrons. The van der Waals surface area contributed by atoms with Gasteiger partial charge in [-0.2, -0.15) is 4.31 Å². The highest BCUT2D eigenvalue weighted by molar-refractivity contribution is 7.89. The zero-order valence-electron chi connectivity index (χ0n) is 16.8. The van der Waals surface area contributed by atoms with E-state index < -0.39 is 10.0 Å². The van der Waals surface area contributed by atoms with Gasteiger partial charge in [0.05, 0.1) is 6.61 Å². The van der Waals surface area contributed by atoms with Crippen molar-refractivity contribution < 1.29 is 13.2 Å². The number of para-hydroxylation sites is 1. The standard InChI is InChI=1S/C22H30N2O3S/c1-3-4-8-17-27-21-18-19(2)11-12-22(21)28(25,26)24-15-13-23(14-16-24)20-9-6-5-7-10-20/h5-7,9-12,18H,3-4,8,13-17H2,1-2H3. The predicted octanol–water partition coefficient (Wildman–Crippen LogP) is 4.07. The minimum absolute atomic E-state index is 0.280. The molecule has 6 heteroatoms. The molecular weight excluding hydrogens is 372 g/mol.